The Labute approximate surface area is 412 Å². The molecule has 5 heteroatoms. The van der Waals surface area contributed by atoms with E-state index in [1.54, 1.807) is 0 Å². The van der Waals surface area contributed by atoms with Gasteiger partial charge in [-0.1, -0.05) is 148 Å². The molecule has 0 saturated heterocycles. The van der Waals surface area contributed by atoms with Crippen LogP contribution in [0.4, 0.5) is 0 Å². The van der Waals surface area contributed by atoms with E-state index in [1.165, 1.54) is 16.7 Å². The van der Waals surface area contributed by atoms with E-state index in [0.717, 1.165) is 92.4 Å². The van der Waals surface area contributed by atoms with Crippen molar-refractivity contribution in [3.8, 4) is 28.7 Å². The number of rotatable bonds is 11. The van der Waals surface area contributed by atoms with Gasteiger partial charge in [-0.15, -0.1) is 0 Å². The van der Waals surface area contributed by atoms with E-state index in [2.05, 4.69) is 176 Å². The highest BCUT2D eigenvalue weighted by molar-refractivity contribution is 5.58. The van der Waals surface area contributed by atoms with Gasteiger partial charge < -0.3 is 25.5 Å². The largest absolute Gasteiger partial charge is 0.508 e. The molecule has 0 aromatic heterocycles. The summed E-state index contributed by atoms with van der Waals surface area (Å²) in [5, 5.41) is 57.6. The van der Waals surface area contributed by atoms with Gasteiger partial charge in [0, 0.05) is 11.3 Å². The van der Waals surface area contributed by atoms with E-state index in [-0.39, 0.29) is 50.4 Å². The first-order valence-electron chi connectivity index (χ1n) is 25.1. The zero-order chi connectivity index (χ0) is 51.6. The van der Waals surface area contributed by atoms with Crippen molar-refractivity contribution in [2.45, 2.75) is 215 Å². The standard InChI is InChI=1S/C63H88O5/c1-36-25-53(64)48(58(7,8)9)30-43(36)41(6)35-63(46-33-51(61(16,17)18)56(67)28-39(46)4,47-34-52(62(19,20)21)57(68)29-40(47)5)24-22-23-42(44-31-49(59(10,11)12)54(65)26-37(44)2)45-32-50(60(13,14)15)55(66)27-38(45)3/h25-34,41-42,64-68H,22-24,35H2,1-21H3. The summed E-state index contributed by atoms with van der Waals surface area (Å²) in [6.07, 6.45) is 3.04. The average Bonchev–Trinajstić information content (AvgIpc) is 3.14. The predicted octanol–water partition coefficient (Wildman–Crippen LogP) is 16.7. The van der Waals surface area contributed by atoms with Crippen molar-refractivity contribution in [3.05, 3.63) is 144 Å². The van der Waals surface area contributed by atoms with Gasteiger partial charge in [-0.25, -0.2) is 0 Å². The fourth-order valence-electron chi connectivity index (χ4n) is 11.3. The van der Waals surface area contributed by atoms with Crippen molar-refractivity contribution >= 4 is 0 Å². The highest BCUT2D eigenvalue weighted by Gasteiger charge is 2.42. The van der Waals surface area contributed by atoms with Crippen molar-refractivity contribution in [2.24, 2.45) is 0 Å². The Balaban J connectivity index is 1.90. The molecule has 0 spiro atoms. The lowest BCUT2D eigenvalue weighted by Crippen LogP contribution is -2.33. The minimum Gasteiger partial charge on any atom is -0.508 e. The van der Waals surface area contributed by atoms with E-state index in [0.29, 0.717) is 17.2 Å². The lowest BCUT2D eigenvalue weighted by Gasteiger charge is -2.42. The highest BCUT2D eigenvalue weighted by Crippen LogP contribution is 2.53. The van der Waals surface area contributed by atoms with Crippen LogP contribution in [0, 0.1) is 34.6 Å². The molecule has 0 heterocycles. The van der Waals surface area contributed by atoms with Gasteiger partial charge in [-0.3, -0.25) is 0 Å². The number of aromatic hydroxyl groups is 5. The normalized spacial score (nSPS) is 13.7. The van der Waals surface area contributed by atoms with Gasteiger partial charge in [0.1, 0.15) is 28.7 Å². The fraction of sp³-hybridized carbons (Fsp3) is 0.524. The van der Waals surface area contributed by atoms with Crippen LogP contribution in [0.25, 0.3) is 0 Å². The number of benzene rings is 5. The summed E-state index contributed by atoms with van der Waals surface area (Å²) in [7, 11) is 0. The van der Waals surface area contributed by atoms with Crippen LogP contribution in [0.3, 0.4) is 0 Å². The Morgan fingerprint density at radius 3 is 0.926 bits per heavy atom. The first-order chi connectivity index (χ1) is 30.9. The summed E-state index contributed by atoms with van der Waals surface area (Å²) >= 11 is 0. The third kappa shape index (κ3) is 11.1. The fourth-order valence-corrected chi connectivity index (χ4v) is 11.3. The number of hydrogen-bond acceptors (Lipinski definition) is 5. The van der Waals surface area contributed by atoms with E-state index >= 15 is 0 Å². The third-order valence-corrected chi connectivity index (χ3v) is 14.9. The molecule has 0 saturated carbocycles. The summed E-state index contributed by atoms with van der Waals surface area (Å²) in [5.41, 5.74) is 13.3. The van der Waals surface area contributed by atoms with Crippen molar-refractivity contribution in [3.63, 3.8) is 0 Å². The Hall–Kier alpha value is -4.90. The molecule has 0 amide bonds. The molecule has 68 heavy (non-hydrogen) atoms. The summed E-state index contributed by atoms with van der Waals surface area (Å²) < 4.78 is 0. The number of phenolic OH excluding ortho intramolecular Hbond substituents is 5. The molecule has 1 atom stereocenters. The molecule has 5 aromatic carbocycles. The summed E-state index contributed by atoms with van der Waals surface area (Å²) in [6, 6.07) is 21.0. The molecule has 0 bridgehead atoms. The van der Waals surface area contributed by atoms with Gasteiger partial charge in [0.15, 0.2) is 0 Å². The zero-order valence-electron chi connectivity index (χ0n) is 46.0. The maximum atomic E-state index is 11.7. The van der Waals surface area contributed by atoms with Gasteiger partial charge in [0.25, 0.3) is 0 Å². The van der Waals surface area contributed by atoms with Crippen LogP contribution in [0.1, 0.15) is 232 Å². The average molecular weight is 925 g/mol. The SMILES string of the molecule is Cc1cc(O)c(C(C)(C)C)cc1C(C)CC(CCCC(c1cc(C(C)(C)C)c(O)cc1C)c1cc(C(C)(C)C)c(O)cc1C)(c1cc(C(C)(C)C)c(O)cc1C)c1cc(C(C)(C)C)c(O)cc1C. The molecule has 0 aliphatic rings. The molecule has 5 aromatic rings. The van der Waals surface area contributed by atoms with E-state index < -0.39 is 5.41 Å². The van der Waals surface area contributed by atoms with Gasteiger partial charge in [0.05, 0.1) is 0 Å². The van der Waals surface area contributed by atoms with Crippen LogP contribution in [0.2, 0.25) is 0 Å². The maximum Gasteiger partial charge on any atom is 0.119 e. The zero-order valence-corrected chi connectivity index (χ0v) is 46.0. The Kier molecular flexibility index (Phi) is 14.9. The van der Waals surface area contributed by atoms with Crippen LogP contribution in [-0.4, -0.2) is 25.5 Å². The van der Waals surface area contributed by atoms with Crippen molar-refractivity contribution < 1.29 is 25.5 Å². The van der Waals surface area contributed by atoms with E-state index in [4.69, 9.17) is 0 Å². The van der Waals surface area contributed by atoms with Crippen LogP contribution >= 0.6 is 0 Å². The van der Waals surface area contributed by atoms with Crippen LogP contribution < -0.4 is 0 Å². The topological polar surface area (TPSA) is 101 Å². The summed E-state index contributed by atoms with van der Waals surface area (Å²) in [5.74, 6) is 1.45. The molecule has 0 fully saturated rings. The number of hydrogen-bond donors (Lipinski definition) is 5. The van der Waals surface area contributed by atoms with Gasteiger partial charge >= 0.3 is 0 Å². The highest BCUT2D eigenvalue weighted by atomic mass is 16.3. The quantitative estimate of drug-likeness (QED) is 0.0908. The first-order valence-corrected chi connectivity index (χ1v) is 25.1. The van der Waals surface area contributed by atoms with E-state index in [1.807, 2.05) is 30.3 Å². The minimum absolute atomic E-state index is 0.0208. The first kappa shape index (κ1) is 54.0. The third-order valence-electron chi connectivity index (χ3n) is 14.9. The Bertz CT molecular complexity index is 2520. The lowest BCUT2D eigenvalue weighted by atomic mass is 9.61. The molecule has 5 nitrogen and oxygen atoms in total. The smallest absolute Gasteiger partial charge is 0.119 e. The maximum absolute atomic E-state index is 11.7. The molecular weight excluding hydrogens is 837 g/mol. The van der Waals surface area contributed by atoms with Gasteiger partial charge in [0.2, 0.25) is 0 Å². The van der Waals surface area contributed by atoms with Crippen LogP contribution in [-0.2, 0) is 32.5 Å². The van der Waals surface area contributed by atoms with Crippen molar-refractivity contribution in [2.75, 3.05) is 0 Å². The Morgan fingerprint density at radius 2 is 0.618 bits per heavy atom. The lowest BCUT2D eigenvalue weighted by molar-refractivity contribution is 0.375. The van der Waals surface area contributed by atoms with Crippen LogP contribution in [0.5, 0.6) is 28.7 Å². The predicted molar refractivity (Wildman–Crippen MR) is 287 cm³/mol. The molecule has 0 aliphatic carbocycles. The molecule has 5 rings (SSSR count). The summed E-state index contributed by atoms with van der Waals surface area (Å²) in [4.78, 5) is 0. The van der Waals surface area contributed by atoms with Crippen molar-refractivity contribution in [1.82, 2.24) is 0 Å². The van der Waals surface area contributed by atoms with Gasteiger partial charge in [-0.05, 0) is 201 Å². The second-order valence-electron chi connectivity index (χ2n) is 25.9. The second-order valence-corrected chi connectivity index (χ2v) is 25.9. The van der Waals surface area contributed by atoms with Gasteiger partial charge in [-0.2, -0.15) is 0 Å². The molecule has 370 valence electrons. The minimum atomic E-state index is -0.632. The second kappa shape index (κ2) is 18.8. The monoisotopic (exact) mass is 925 g/mol. The number of phenols is 5. The molecule has 5 N–H and O–H groups in total. The Morgan fingerprint density at radius 1 is 0.353 bits per heavy atom. The van der Waals surface area contributed by atoms with Crippen molar-refractivity contribution in [1.29, 1.82) is 0 Å². The molecule has 0 radical (unpaired) electrons. The summed E-state index contributed by atoms with van der Waals surface area (Å²) in [6.45, 7) is 45.2. The number of aryl methyl sites for hydroxylation is 5. The van der Waals surface area contributed by atoms with Crippen LogP contribution in [0.15, 0.2) is 60.7 Å². The molecular formula is C63H88O5. The molecule has 1 unspecified atom stereocenters. The molecule has 0 aliphatic heterocycles. The van der Waals surface area contributed by atoms with E-state index in [9.17, 15) is 25.5 Å².